The average Bonchev–Trinajstić information content (AvgIpc) is 3.06. The SMILES string of the molecule is COc1ccc([C@H]2C(=C(O)c3ccccc3)C(=O)C(=O)N2CC(OC)OC)cc1OC. The molecule has 1 amide bonds. The van der Waals surface area contributed by atoms with Gasteiger partial charge in [-0.3, -0.25) is 9.59 Å². The van der Waals surface area contributed by atoms with E-state index >= 15 is 0 Å². The third kappa shape index (κ3) is 4.26. The minimum Gasteiger partial charge on any atom is -0.507 e. The van der Waals surface area contributed by atoms with Crippen LogP contribution in [0.15, 0.2) is 54.1 Å². The minimum absolute atomic E-state index is 0.0118. The maximum Gasteiger partial charge on any atom is 0.295 e. The van der Waals surface area contributed by atoms with Crippen molar-refractivity contribution in [2.45, 2.75) is 12.3 Å². The number of carbonyl (C=O) groups excluding carboxylic acids is 2. The summed E-state index contributed by atoms with van der Waals surface area (Å²) in [7, 11) is 5.90. The van der Waals surface area contributed by atoms with Crippen LogP contribution in [0.5, 0.6) is 11.5 Å². The first-order valence-corrected chi connectivity index (χ1v) is 9.58. The van der Waals surface area contributed by atoms with E-state index in [2.05, 4.69) is 0 Å². The fraction of sp³-hybridized carbons (Fsp3) is 0.304. The summed E-state index contributed by atoms with van der Waals surface area (Å²) in [5.74, 6) is -0.866. The highest BCUT2D eigenvalue weighted by atomic mass is 16.7. The van der Waals surface area contributed by atoms with Crippen LogP contribution in [0.1, 0.15) is 17.2 Å². The Morgan fingerprint density at radius 3 is 2.19 bits per heavy atom. The zero-order chi connectivity index (χ0) is 22.5. The fourth-order valence-electron chi connectivity index (χ4n) is 3.60. The number of ether oxygens (including phenoxy) is 4. The van der Waals surface area contributed by atoms with E-state index in [0.29, 0.717) is 22.6 Å². The molecule has 8 nitrogen and oxygen atoms in total. The lowest BCUT2D eigenvalue weighted by atomic mass is 9.95. The van der Waals surface area contributed by atoms with Gasteiger partial charge in [-0.2, -0.15) is 0 Å². The molecule has 0 unspecified atom stereocenters. The van der Waals surface area contributed by atoms with Crippen molar-refractivity contribution >= 4 is 17.4 Å². The number of methoxy groups -OCH3 is 4. The van der Waals surface area contributed by atoms with Crippen LogP contribution >= 0.6 is 0 Å². The van der Waals surface area contributed by atoms with Gasteiger partial charge in [-0.05, 0) is 17.7 Å². The molecule has 0 aliphatic carbocycles. The average molecular weight is 427 g/mol. The lowest BCUT2D eigenvalue weighted by molar-refractivity contribution is -0.149. The quantitative estimate of drug-likeness (QED) is 0.300. The van der Waals surface area contributed by atoms with E-state index in [1.54, 1.807) is 48.5 Å². The molecule has 0 bridgehead atoms. The predicted molar refractivity (Wildman–Crippen MR) is 113 cm³/mol. The van der Waals surface area contributed by atoms with Crippen molar-refractivity contribution in [3.8, 4) is 11.5 Å². The summed E-state index contributed by atoms with van der Waals surface area (Å²) in [5, 5.41) is 11.0. The van der Waals surface area contributed by atoms with Crippen LogP contribution in [0.4, 0.5) is 0 Å². The molecule has 1 heterocycles. The number of ketones is 1. The van der Waals surface area contributed by atoms with Gasteiger partial charge in [0.25, 0.3) is 11.7 Å². The molecule has 8 heteroatoms. The highest BCUT2D eigenvalue weighted by Gasteiger charge is 2.47. The number of benzene rings is 2. The van der Waals surface area contributed by atoms with Crippen LogP contribution in [0.3, 0.4) is 0 Å². The number of carbonyl (C=O) groups is 2. The number of amides is 1. The lowest BCUT2D eigenvalue weighted by Gasteiger charge is -2.28. The zero-order valence-corrected chi connectivity index (χ0v) is 17.8. The smallest absolute Gasteiger partial charge is 0.295 e. The summed E-state index contributed by atoms with van der Waals surface area (Å²) in [5.41, 5.74) is 0.982. The summed E-state index contributed by atoms with van der Waals surface area (Å²) in [6.45, 7) is -0.0118. The number of Topliss-reactive ketones (excluding diaryl/α,β-unsaturated/α-hetero) is 1. The van der Waals surface area contributed by atoms with Crippen LogP contribution in [0.25, 0.3) is 5.76 Å². The van der Waals surface area contributed by atoms with Gasteiger partial charge in [0, 0.05) is 19.8 Å². The van der Waals surface area contributed by atoms with Crippen LogP contribution in [-0.4, -0.2) is 63.0 Å². The maximum absolute atomic E-state index is 13.0. The molecule has 1 aliphatic rings. The van der Waals surface area contributed by atoms with Gasteiger partial charge in [0.05, 0.1) is 32.4 Å². The van der Waals surface area contributed by atoms with Gasteiger partial charge in [-0.1, -0.05) is 36.4 Å². The normalized spacial score (nSPS) is 18.0. The molecular formula is C23H25NO7. The second kappa shape index (κ2) is 9.63. The topological polar surface area (TPSA) is 94.5 Å². The number of likely N-dealkylation sites (tertiary alicyclic amines) is 1. The van der Waals surface area contributed by atoms with Gasteiger partial charge in [0.15, 0.2) is 17.8 Å². The fourth-order valence-corrected chi connectivity index (χ4v) is 3.60. The number of hydrogen-bond donors (Lipinski definition) is 1. The van der Waals surface area contributed by atoms with Crippen molar-refractivity contribution in [2.75, 3.05) is 35.0 Å². The molecule has 2 aromatic rings. The van der Waals surface area contributed by atoms with E-state index in [9.17, 15) is 14.7 Å². The number of hydrogen-bond acceptors (Lipinski definition) is 7. The van der Waals surface area contributed by atoms with Crippen molar-refractivity contribution in [3.63, 3.8) is 0 Å². The molecule has 3 rings (SSSR count). The van der Waals surface area contributed by atoms with Crippen molar-refractivity contribution in [3.05, 3.63) is 65.2 Å². The first kappa shape index (κ1) is 22.3. The molecule has 1 atom stereocenters. The van der Waals surface area contributed by atoms with Gasteiger partial charge in [0.2, 0.25) is 0 Å². The molecule has 0 aromatic heterocycles. The van der Waals surface area contributed by atoms with Crippen LogP contribution < -0.4 is 9.47 Å². The van der Waals surface area contributed by atoms with Crippen LogP contribution in [0.2, 0.25) is 0 Å². The first-order chi connectivity index (χ1) is 15.0. The highest BCUT2D eigenvalue weighted by molar-refractivity contribution is 6.46. The Bertz CT molecular complexity index is 983. The molecule has 1 saturated heterocycles. The third-order valence-corrected chi connectivity index (χ3v) is 5.18. The van der Waals surface area contributed by atoms with Crippen molar-refractivity contribution < 1.29 is 33.6 Å². The first-order valence-electron chi connectivity index (χ1n) is 9.58. The third-order valence-electron chi connectivity index (χ3n) is 5.18. The Hall–Kier alpha value is -3.36. The standard InChI is InChI=1S/C23H25NO7/c1-28-16-11-10-15(12-17(16)29-2)20-19(21(25)14-8-6-5-7-9-14)22(26)23(27)24(20)13-18(30-3)31-4/h5-12,18,20,25H,13H2,1-4H3/t20-/m0/s1. The molecule has 0 saturated carbocycles. The van der Waals surface area contributed by atoms with E-state index in [0.717, 1.165) is 0 Å². The number of aliphatic hydroxyl groups excluding tert-OH is 1. The molecule has 2 aromatic carbocycles. The molecule has 1 N–H and O–H groups in total. The second-order valence-electron chi connectivity index (χ2n) is 6.83. The van der Waals surface area contributed by atoms with Gasteiger partial charge < -0.3 is 29.0 Å². The monoisotopic (exact) mass is 427 g/mol. The van der Waals surface area contributed by atoms with E-state index in [4.69, 9.17) is 18.9 Å². The molecule has 1 aliphatic heterocycles. The van der Waals surface area contributed by atoms with Gasteiger partial charge in [0.1, 0.15) is 5.76 Å². The van der Waals surface area contributed by atoms with Crippen molar-refractivity contribution in [1.29, 1.82) is 0 Å². The van der Waals surface area contributed by atoms with Gasteiger partial charge in [-0.25, -0.2) is 0 Å². The van der Waals surface area contributed by atoms with Crippen LogP contribution in [0, 0.1) is 0 Å². The van der Waals surface area contributed by atoms with Crippen molar-refractivity contribution in [2.24, 2.45) is 0 Å². The summed E-state index contributed by atoms with van der Waals surface area (Å²) in [6.07, 6.45) is -0.752. The van der Waals surface area contributed by atoms with Crippen molar-refractivity contribution in [1.82, 2.24) is 4.90 Å². The molecular weight excluding hydrogens is 402 g/mol. The number of nitrogens with zero attached hydrogens (tertiary/aromatic N) is 1. The molecule has 31 heavy (non-hydrogen) atoms. The molecule has 164 valence electrons. The maximum atomic E-state index is 13.0. The summed E-state index contributed by atoms with van der Waals surface area (Å²) < 4.78 is 21.2. The lowest BCUT2D eigenvalue weighted by Crippen LogP contribution is -2.38. The zero-order valence-electron chi connectivity index (χ0n) is 17.8. The Kier molecular flexibility index (Phi) is 6.94. The predicted octanol–water partition coefficient (Wildman–Crippen LogP) is 2.74. The summed E-state index contributed by atoms with van der Waals surface area (Å²) in [6, 6.07) is 12.8. The number of aliphatic hydroxyl groups is 1. The van der Waals surface area contributed by atoms with E-state index in [1.165, 1.54) is 33.3 Å². The Morgan fingerprint density at radius 1 is 0.968 bits per heavy atom. The Balaban J connectivity index is 2.19. The molecule has 0 radical (unpaired) electrons. The molecule has 1 fully saturated rings. The van der Waals surface area contributed by atoms with Crippen LogP contribution in [-0.2, 0) is 19.1 Å². The van der Waals surface area contributed by atoms with E-state index < -0.39 is 24.0 Å². The van der Waals surface area contributed by atoms with Gasteiger partial charge >= 0.3 is 0 Å². The highest BCUT2D eigenvalue weighted by Crippen LogP contribution is 2.42. The Labute approximate surface area is 180 Å². The number of rotatable bonds is 8. The summed E-state index contributed by atoms with van der Waals surface area (Å²) >= 11 is 0. The Morgan fingerprint density at radius 2 is 1.61 bits per heavy atom. The minimum atomic E-state index is -0.868. The molecule has 0 spiro atoms. The largest absolute Gasteiger partial charge is 0.507 e. The van der Waals surface area contributed by atoms with E-state index in [1.807, 2.05) is 0 Å². The second-order valence-corrected chi connectivity index (χ2v) is 6.83. The van der Waals surface area contributed by atoms with Gasteiger partial charge in [-0.15, -0.1) is 0 Å². The summed E-state index contributed by atoms with van der Waals surface area (Å²) in [4.78, 5) is 27.3. The van der Waals surface area contributed by atoms with E-state index in [-0.39, 0.29) is 17.9 Å².